The second-order valence-corrected chi connectivity index (χ2v) is 2.48. The van der Waals surface area contributed by atoms with E-state index in [2.05, 4.69) is 12.2 Å². The number of nitrogens with one attached hydrogen (secondary N) is 1. The van der Waals surface area contributed by atoms with Crippen LogP contribution in [0.15, 0.2) is 0 Å². The molecule has 0 aliphatic rings. The molecule has 0 amide bonds. The molecule has 4 nitrogen and oxygen atoms in total. The number of nitrogens with two attached hydrogens (primary N) is 1. The van der Waals surface area contributed by atoms with Crippen LogP contribution in [0.5, 0.6) is 0 Å². The van der Waals surface area contributed by atoms with Gasteiger partial charge in [0, 0.05) is 0 Å². The Morgan fingerprint density at radius 2 is 2.27 bits per heavy atom. The van der Waals surface area contributed by atoms with Crippen molar-refractivity contribution in [3.05, 3.63) is 0 Å². The molecule has 0 aromatic rings. The lowest BCUT2D eigenvalue weighted by molar-refractivity contribution is -0.138. The topological polar surface area (TPSA) is 75.3 Å². The summed E-state index contributed by atoms with van der Waals surface area (Å²) in [7, 11) is 0. The zero-order valence-electron chi connectivity index (χ0n) is 6.84. The van der Waals surface area contributed by atoms with E-state index >= 15 is 0 Å². The molecule has 0 heterocycles. The van der Waals surface area contributed by atoms with E-state index in [4.69, 9.17) is 10.8 Å². The molecule has 4 N–H and O–H groups in total. The van der Waals surface area contributed by atoms with Crippen molar-refractivity contribution in [1.82, 2.24) is 5.32 Å². The maximum atomic E-state index is 10.2. The van der Waals surface area contributed by atoms with E-state index in [1.165, 1.54) is 0 Å². The standard InChI is InChI=1S/C7H16N2O2/c1-2-4-9-5-3-6(8)7(10)11/h6,9H,2-5,8H2,1H3,(H,10,11). The summed E-state index contributed by atoms with van der Waals surface area (Å²) in [4.78, 5) is 10.2. The molecule has 0 aromatic carbocycles. The molecule has 0 saturated carbocycles. The molecule has 66 valence electrons. The summed E-state index contributed by atoms with van der Waals surface area (Å²) in [5, 5.41) is 11.5. The number of hydrogen-bond acceptors (Lipinski definition) is 3. The van der Waals surface area contributed by atoms with Crippen molar-refractivity contribution in [3.63, 3.8) is 0 Å². The first-order chi connectivity index (χ1) is 5.18. The second-order valence-electron chi connectivity index (χ2n) is 2.48. The molecule has 0 bridgehead atoms. The average molecular weight is 160 g/mol. The summed E-state index contributed by atoms with van der Waals surface area (Å²) < 4.78 is 0. The molecule has 0 spiro atoms. The molecule has 4 heteroatoms. The number of hydrogen-bond donors (Lipinski definition) is 3. The number of carboxylic acid groups (broad SMARTS) is 1. The van der Waals surface area contributed by atoms with Gasteiger partial charge in [0.15, 0.2) is 0 Å². The Hall–Kier alpha value is -0.610. The van der Waals surface area contributed by atoms with Gasteiger partial charge in [-0.3, -0.25) is 4.79 Å². The van der Waals surface area contributed by atoms with Gasteiger partial charge in [0.25, 0.3) is 0 Å². The predicted octanol–water partition coefficient (Wildman–Crippen LogP) is -0.212. The minimum atomic E-state index is -0.928. The molecule has 0 saturated heterocycles. The summed E-state index contributed by atoms with van der Waals surface area (Å²) >= 11 is 0. The minimum absolute atomic E-state index is 0.495. The van der Waals surface area contributed by atoms with E-state index in [9.17, 15) is 4.79 Å². The molecule has 0 aromatic heterocycles. The van der Waals surface area contributed by atoms with Crippen LogP contribution in [0.2, 0.25) is 0 Å². The molecule has 11 heavy (non-hydrogen) atoms. The Labute approximate surface area is 66.8 Å². The van der Waals surface area contributed by atoms with E-state index in [-0.39, 0.29) is 0 Å². The molecular formula is C7H16N2O2. The van der Waals surface area contributed by atoms with Crippen LogP contribution in [0.25, 0.3) is 0 Å². The molecule has 0 fully saturated rings. The SMILES string of the molecule is CCCNCCC(N)C(=O)O. The summed E-state index contributed by atoms with van der Waals surface area (Å²) in [6, 6.07) is -0.723. The van der Waals surface area contributed by atoms with E-state index < -0.39 is 12.0 Å². The van der Waals surface area contributed by atoms with Crippen LogP contribution in [0.4, 0.5) is 0 Å². The van der Waals surface area contributed by atoms with Crippen LogP contribution >= 0.6 is 0 Å². The third-order valence-electron chi connectivity index (χ3n) is 1.38. The first-order valence-corrected chi connectivity index (χ1v) is 3.87. The number of aliphatic carboxylic acids is 1. The van der Waals surface area contributed by atoms with Crippen molar-refractivity contribution in [3.8, 4) is 0 Å². The Morgan fingerprint density at radius 3 is 2.73 bits per heavy atom. The van der Waals surface area contributed by atoms with Crippen molar-refractivity contribution in [2.75, 3.05) is 13.1 Å². The highest BCUT2D eigenvalue weighted by Gasteiger charge is 2.09. The van der Waals surface area contributed by atoms with Crippen LogP contribution in [0, 0.1) is 0 Å². The van der Waals surface area contributed by atoms with Crippen LogP contribution in [-0.4, -0.2) is 30.2 Å². The Kier molecular flexibility index (Phi) is 5.78. The Balaban J connectivity index is 3.17. The Morgan fingerprint density at radius 1 is 1.64 bits per heavy atom. The van der Waals surface area contributed by atoms with Gasteiger partial charge in [0.2, 0.25) is 0 Å². The van der Waals surface area contributed by atoms with Gasteiger partial charge in [-0.1, -0.05) is 6.92 Å². The largest absolute Gasteiger partial charge is 0.480 e. The summed E-state index contributed by atoms with van der Waals surface area (Å²) in [5.41, 5.74) is 5.26. The van der Waals surface area contributed by atoms with Gasteiger partial charge >= 0.3 is 5.97 Å². The third kappa shape index (κ3) is 5.82. The predicted molar refractivity (Wildman–Crippen MR) is 43.4 cm³/mol. The van der Waals surface area contributed by atoms with Crippen molar-refractivity contribution < 1.29 is 9.90 Å². The fraction of sp³-hybridized carbons (Fsp3) is 0.857. The van der Waals surface area contributed by atoms with Crippen molar-refractivity contribution in [2.24, 2.45) is 5.73 Å². The summed E-state index contributed by atoms with van der Waals surface area (Å²) in [5.74, 6) is -0.928. The van der Waals surface area contributed by atoms with E-state index in [1.807, 2.05) is 0 Å². The van der Waals surface area contributed by atoms with Crippen molar-refractivity contribution in [1.29, 1.82) is 0 Å². The quantitative estimate of drug-likeness (QED) is 0.470. The van der Waals surface area contributed by atoms with Crippen LogP contribution in [0.1, 0.15) is 19.8 Å². The van der Waals surface area contributed by atoms with Crippen LogP contribution in [-0.2, 0) is 4.79 Å². The fourth-order valence-corrected chi connectivity index (χ4v) is 0.683. The van der Waals surface area contributed by atoms with Gasteiger partial charge < -0.3 is 16.2 Å². The highest BCUT2D eigenvalue weighted by atomic mass is 16.4. The molecular weight excluding hydrogens is 144 g/mol. The van der Waals surface area contributed by atoms with Gasteiger partial charge in [-0.2, -0.15) is 0 Å². The molecule has 0 rings (SSSR count). The lowest BCUT2D eigenvalue weighted by Crippen LogP contribution is -2.33. The molecule has 0 radical (unpaired) electrons. The van der Waals surface area contributed by atoms with Gasteiger partial charge in [-0.05, 0) is 25.9 Å². The molecule has 1 atom stereocenters. The van der Waals surface area contributed by atoms with E-state index in [1.54, 1.807) is 0 Å². The Bertz CT molecular complexity index is 117. The van der Waals surface area contributed by atoms with Gasteiger partial charge in [-0.25, -0.2) is 0 Å². The average Bonchev–Trinajstić information content (AvgIpc) is 1.97. The smallest absolute Gasteiger partial charge is 0.320 e. The van der Waals surface area contributed by atoms with Crippen LogP contribution in [0.3, 0.4) is 0 Å². The third-order valence-corrected chi connectivity index (χ3v) is 1.38. The van der Waals surface area contributed by atoms with Gasteiger partial charge in [0.1, 0.15) is 6.04 Å². The van der Waals surface area contributed by atoms with E-state index in [0.29, 0.717) is 13.0 Å². The number of carboxylic acids is 1. The van der Waals surface area contributed by atoms with E-state index in [0.717, 1.165) is 13.0 Å². The summed E-state index contributed by atoms with van der Waals surface area (Å²) in [6.07, 6.45) is 1.55. The number of carbonyl (C=O) groups is 1. The summed E-state index contributed by atoms with van der Waals surface area (Å²) in [6.45, 7) is 3.66. The maximum Gasteiger partial charge on any atom is 0.320 e. The minimum Gasteiger partial charge on any atom is -0.480 e. The van der Waals surface area contributed by atoms with Gasteiger partial charge in [0.05, 0.1) is 0 Å². The molecule has 0 aliphatic carbocycles. The normalized spacial score (nSPS) is 12.9. The fourth-order valence-electron chi connectivity index (χ4n) is 0.683. The van der Waals surface area contributed by atoms with Crippen molar-refractivity contribution in [2.45, 2.75) is 25.8 Å². The monoisotopic (exact) mass is 160 g/mol. The number of rotatable bonds is 6. The first kappa shape index (κ1) is 10.4. The zero-order valence-corrected chi connectivity index (χ0v) is 6.84. The lowest BCUT2D eigenvalue weighted by atomic mass is 10.2. The highest BCUT2D eigenvalue weighted by molar-refractivity contribution is 5.72. The second kappa shape index (κ2) is 6.12. The zero-order chi connectivity index (χ0) is 8.69. The molecule has 1 unspecified atom stereocenters. The van der Waals surface area contributed by atoms with Crippen LogP contribution < -0.4 is 11.1 Å². The van der Waals surface area contributed by atoms with Gasteiger partial charge in [-0.15, -0.1) is 0 Å². The lowest BCUT2D eigenvalue weighted by Gasteiger charge is -2.05. The maximum absolute atomic E-state index is 10.2. The highest BCUT2D eigenvalue weighted by Crippen LogP contribution is 1.85. The van der Waals surface area contributed by atoms with Crippen molar-refractivity contribution >= 4 is 5.97 Å². The first-order valence-electron chi connectivity index (χ1n) is 3.87. The molecule has 0 aliphatic heterocycles.